The molecule has 7 heteroatoms. The van der Waals surface area contributed by atoms with E-state index < -0.39 is 6.04 Å². The summed E-state index contributed by atoms with van der Waals surface area (Å²) in [7, 11) is 0. The fraction of sp³-hybridized carbons (Fsp3) is 0.231. The van der Waals surface area contributed by atoms with E-state index in [2.05, 4.69) is 21.2 Å². The quantitative estimate of drug-likeness (QED) is 0.390. The van der Waals surface area contributed by atoms with Gasteiger partial charge < -0.3 is 15.0 Å². The highest BCUT2D eigenvalue weighted by Gasteiger charge is 2.30. The lowest BCUT2D eigenvalue weighted by Crippen LogP contribution is -2.51. The van der Waals surface area contributed by atoms with E-state index in [1.165, 1.54) is 0 Å². The summed E-state index contributed by atoms with van der Waals surface area (Å²) in [5, 5.41) is 3.30. The topological polar surface area (TPSA) is 58.6 Å². The summed E-state index contributed by atoms with van der Waals surface area (Å²) in [6, 6.07) is 23.7. The van der Waals surface area contributed by atoms with Crippen molar-refractivity contribution in [3.63, 3.8) is 0 Å². The van der Waals surface area contributed by atoms with Crippen LogP contribution in [-0.2, 0) is 22.6 Å². The van der Waals surface area contributed by atoms with Crippen molar-refractivity contribution in [1.82, 2.24) is 10.2 Å². The van der Waals surface area contributed by atoms with Crippen LogP contribution in [0.2, 0.25) is 5.02 Å². The van der Waals surface area contributed by atoms with Crippen LogP contribution < -0.4 is 10.1 Å². The highest BCUT2D eigenvalue weighted by molar-refractivity contribution is 9.10. The molecule has 33 heavy (non-hydrogen) atoms. The Hall–Kier alpha value is -2.83. The minimum Gasteiger partial charge on any atom is -0.482 e. The summed E-state index contributed by atoms with van der Waals surface area (Å²) in [5.74, 6) is -0.0861. The number of carbonyl (C=O) groups is 2. The molecule has 0 radical (unpaired) electrons. The van der Waals surface area contributed by atoms with E-state index in [4.69, 9.17) is 16.3 Å². The Labute approximate surface area is 207 Å². The summed E-state index contributed by atoms with van der Waals surface area (Å²) in [6.07, 6.45) is 0.387. The van der Waals surface area contributed by atoms with E-state index in [-0.39, 0.29) is 25.0 Å². The first kappa shape index (κ1) is 24.8. The molecule has 0 bridgehead atoms. The van der Waals surface area contributed by atoms with Crippen molar-refractivity contribution in [3.8, 4) is 5.75 Å². The Morgan fingerprint density at radius 2 is 1.70 bits per heavy atom. The first-order valence-corrected chi connectivity index (χ1v) is 11.9. The summed E-state index contributed by atoms with van der Waals surface area (Å²) in [4.78, 5) is 28.1. The highest BCUT2D eigenvalue weighted by Crippen LogP contribution is 2.24. The molecule has 0 aromatic heterocycles. The predicted octanol–water partition coefficient (Wildman–Crippen LogP) is 5.26. The van der Waals surface area contributed by atoms with Crippen molar-refractivity contribution in [2.75, 3.05) is 13.2 Å². The number of hydrogen-bond acceptors (Lipinski definition) is 3. The second kappa shape index (κ2) is 12.4. The van der Waals surface area contributed by atoms with Crippen LogP contribution in [0.15, 0.2) is 83.3 Å². The number of hydrogen-bond donors (Lipinski definition) is 1. The zero-order chi connectivity index (χ0) is 23.6. The van der Waals surface area contributed by atoms with Gasteiger partial charge in [-0.05, 0) is 42.3 Å². The smallest absolute Gasteiger partial charge is 0.261 e. The second-order valence-electron chi connectivity index (χ2n) is 7.47. The van der Waals surface area contributed by atoms with E-state index in [1.54, 1.807) is 29.2 Å². The van der Waals surface area contributed by atoms with Gasteiger partial charge in [-0.15, -0.1) is 0 Å². The molecule has 0 fully saturated rings. The monoisotopic (exact) mass is 528 g/mol. The maximum absolute atomic E-state index is 13.4. The lowest BCUT2D eigenvalue weighted by atomic mass is 10.0. The van der Waals surface area contributed by atoms with Crippen LogP contribution in [-0.4, -0.2) is 35.9 Å². The van der Waals surface area contributed by atoms with Crippen molar-refractivity contribution < 1.29 is 14.3 Å². The number of nitrogens with zero attached hydrogens (tertiary/aromatic N) is 1. The molecule has 3 aromatic rings. The first-order valence-electron chi connectivity index (χ1n) is 10.7. The second-order valence-corrected chi connectivity index (χ2v) is 8.79. The average molecular weight is 530 g/mol. The fourth-order valence-electron chi connectivity index (χ4n) is 3.46. The Balaban J connectivity index is 1.90. The molecule has 2 amide bonds. The number of para-hydroxylation sites is 1. The van der Waals surface area contributed by atoms with E-state index in [9.17, 15) is 9.59 Å². The molecule has 1 N–H and O–H groups in total. The predicted molar refractivity (Wildman–Crippen MR) is 134 cm³/mol. The molecule has 1 atom stereocenters. The van der Waals surface area contributed by atoms with Crippen molar-refractivity contribution in [2.24, 2.45) is 0 Å². The average Bonchev–Trinajstić information content (AvgIpc) is 2.81. The Morgan fingerprint density at radius 3 is 2.39 bits per heavy atom. The molecule has 5 nitrogen and oxygen atoms in total. The van der Waals surface area contributed by atoms with Crippen LogP contribution in [0.1, 0.15) is 18.1 Å². The number of ether oxygens (including phenoxy) is 1. The van der Waals surface area contributed by atoms with Gasteiger partial charge in [0.15, 0.2) is 6.61 Å². The molecule has 0 aliphatic rings. The van der Waals surface area contributed by atoms with Crippen molar-refractivity contribution in [1.29, 1.82) is 0 Å². The minimum absolute atomic E-state index is 0.206. The van der Waals surface area contributed by atoms with Crippen LogP contribution in [0.3, 0.4) is 0 Å². The molecule has 0 unspecified atom stereocenters. The van der Waals surface area contributed by atoms with E-state index >= 15 is 0 Å². The van der Waals surface area contributed by atoms with Gasteiger partial charge in [0.05, 0.1) is 5.02 Å². The largest absolute Gasteiger partial charge is 0.482 e. The molecule has 0 spiro atoms. The number of rotatable bonds is 10. The van der Waals surface area contributed by atoms with Gasteiger partial charge in [-0.1, -0.05) is 82.1 Å². The lowest BCUT2D eigenvalue weighted by Gasteiger charge is -2.31. The Morgan fingerprint density at radius 1 is 1.00 bits per heavy atom. The molecule has 0 aliphatic heterocycles. The van der Waals surface area contributed by atoms with Crippen LogP contribution in [0, 0.1) is 0 Å². The third-order valence-corrected chi connectivity index (χ3v) is 5.86. The lowest BCUT2D eigenvalue weighted by molar-refractivity contribution is -0.142. The third-order valence-electron chi connectivity index (χ3n) is 5.05. The third kappa shape index (κ3) is 7.34. The molecule has 0 heterocycles. The van der Waals surface area contributed by atoms with Gasteiger partial charge in [-0.2, -0.15) is 0 Å². The van der Waals surface area contributed by atoms with Crippen LogP contribution in [0.5, 0.6) is 5.75 Å². The van der Waals surface area contributed by atoms with Crippen LogP contribution in [0.25, 0.3) is 0 Å². The van der Waals surface area contributed by atoms with Gasteiger partial charge in [0.2, 0.25) is 5.91 Å². The number of halogens is 2. The number of benzene rings is 3. The summed E-state index contributed by atoms with van der Waals surface area (Å²) in [6.45, 7) is 2.36. The normalized spacial score (nSPS) is 11.5. The molecule has 0 saturated carbocycles. The molecule has 3 aromatic carbocycles. The molecule has 0 aliphatic carbocycles. The van der Waals surface area contributed by atoms with Gasteiger partial charge >= 0.3 is 0 Å². The standard InChI is InChI=1S/C26H26BrClN2O3/c1-2-29-26(32)23(16-19-9-4-3-5-10-19)30(17-20-11-8-12-21(27)15-20)25(31)18-33-24-14-7-6-13-22(24)28/h3-15,23H,2,16-18H2,1H3,(H,29,32)/t23-/m1/s1. The zero-order valence-corrected chi connectivity index (χ0v) is 20.7. The SMILES string of the molecule is CCNC(=O)[C@@H](Cc1ccccc1)N(Cc1cccc(Br)c1)C(=O)COc1ccccc1Cl. The number of carbonyl (C=O) groups excluding carboxylic acids is 2. The van der Waals surface area contributed by atoms with Gasteiger partial charge in [0, 0.05) is 24.0 Å². The molecular formula is C26H26BrClN2O3. The molecule has 172 valence electrons. The van der Waals surface area contributed by atoms with E-state index in [0.717, 1.165) is 15.6 Å². The number of amides is 2. The molecule has 3 rings (SSSR count). The maximum atomic E-state index is 13.4. The summed E-state index contributed by atoms with van der Waals surface area (Å²) in [5.41, 5.74) is 1.87. The summed E-state index contributed by atoms with van der Waals surface area (Å²) >= 11 is 9.66. The fourth-order valence-corrected chi connectivity index (χ4v) is 4.10. The zero-order valence-electron chi connectivity index (χ0n) is 18.3. The van der Waals surface area contributed by atoms with Gasteiger partial charge in [-0.25, -0.2) is 0 Å². The maximum Gasteiger partial charge on any atom is 0.261 e. The van der Waals surface area contributed by atoms with Gasteiger partial charge in [-0.3, -0.25) is 9.59 Å². The van der Waals surface area contributed by atoms with Crippen molar-refractivity contribution in [2.45, 2.75) is 25.9 Å². The van der Waals surface area contributed by atoms with Crippen molar-refractivity contribution in [3.05, 3.63) is 99.5 Å². The van der Waals surface area contributed by atoms with Crippen molar-refractivity contribution >= 4 is 39.3 Å². The Bertz CT molecular complexity index is 1080. The Kier molecular flexibility index (Phi) is 9.34. The van der Waals surface area contributed by atoms with E-state index in [0.29, 0.717) is 23.7 Å². The highest BCUT2D eigenvalue weighted by atomic mass is 79.9. The number of nitrogens with one attached hydrogen (secondary N) is 1. The minimum atomic E-state index is -0.700. The van der Waals surface area contributed by atoms with E-state index in [1.807, 2.05) is 61.5 Å². The van der Waals surface area contributed by atoms with Gasteiger partial charge in [0.1, 0.15) is 11.8 Å². The van der Waals surface area contributed by atoms with Gasteiger partial charge in [0.25, 0.3) is 5.91 Å². The number of likely N-dealkylation sites (N-methyl/N-ethyl adjacent to an activating group) is 1. The molecule has 0 saturated heterocycles. The van der Waals surface area contributed by atoms with Crippen LogP contribution in [0.4, 0.5) is 0 Å². The molecular weight excluding hydrogens is 504 g/mol. The first-order chi connectivity index (χ1) is 16.0. The van der Waals surface area contributed by atoms with Crippen LogP contribution >= 0.6 is 27.5 Å². The summed E-state index contributed by atoms with van der Waals surface area (Å²) < 4.78 is 6.62.